The Hall–Kier alpha value is -2.21. The normalized spacial score (nSPS) is 25.2. The predicted octanol–water partition coefficient (Wildman–Crippen LogP) is 2.79. The molecule has 1 atom stereocenters. The molecule has 1 N–H and O–H groups in total. The maximum absolute atomic E-state index is 14.0. The highest BCUT2D eigenvalue weighted by atomic mass is 19.1. The van der Waals surface area contributed by atoms with Gasteiger partial charge in [-0.2, -0.15) is 0 Å². The molecule has 3 saturated heterocycles. The molecule has 3 fully saturated rings. The Morgan fingerprint density at radius 3 is 2.56 bits per heavy atom. The summed E-state index contributed by atoms with van der Waals surface area (Å²) in [6, 6.07) is 7.04. The molecule has 0 unspecified atom stereocenters. The number of nitrogens with zero attached hydrogens (tertiary/aromatic N) is 2. The minimum absolute atomic E-state index is 0.144. The van der Waals surface area contributed by atoms with E-state index in [1.54, 1.807) is 23.7 Å². The van der Waals surface area contributed by atoms with Gasteiger partial charge in [-0.3, -0.25) is 4.79 Å². The summed E-state index contributed by atoms with van der Waals surface area (Å²) in [6.07, 6.45) is 2.26. The molecule has 25 heavy (non-hydrogen) atoms. The molecule has 4 heterocycles. The van der Waals surface area contributed by atoms with Crippen molar-refractivity contribution in [2.45, 2.75) is 18.9 Å². The summed E-state index contributed by atoms with van der Waals surface area (Å²) in [5, 5.41) is 3.14. The first-order valence-corrected chi connectivity index (χ1v) is 8.67. The standard InChI is InChI=1S/C19H21F2N3O/c1-23-17(14-3-2-13(20)10-15(14)21)4-5-18(23)19(25)22-16-11-24-8-6-12(16)7-9-24/h2-5,10,12,16H,6-9,11H2,1H3,(H,22,25)/t16-/m0/s1. The van der Waals surface area contributed by atoms with Crippen LogP contribution in [-0.2, 0) is 7.05 Å². The van der Waals surface area contributed by atoms with Crippen molar-refractivity contribution in [3.8, 4) is 11.3 Å². The molecule has 1 amide bonds. The van der Waals surface area contributed by atoms with E-state index in [1.807, 2.05) is 0 Å². The minimum Gasteiger partial charge on any atom is -0.346 e. The molecule has 2 aromatic rings. The Kier molecular flexibility index (Phi) is 4.07. The predicted molar refractivity (Wildman–Crippen MR) is 91.2 cm³/mol. The summed E-state index contributed by atoms with van der Waals surface area (Å²) in [5.74, 6) is -0.848. The summed E-state index contributed by atoms with van der Waals surface area (Å²) < 4.78 is 28.8. The quantitative estimate of drug-likeness (QED) is 0.929. The SMILES string of the molecule is Cn1c(C(=O)N[C@H]2CN3CCC2CC3)ccc1-c1ccc(F)cc1F. The van der Waals surface area contributed by atoms with E-state index in [0.717, 1.165) is 38.5 Å². The zero-order chi connectivity index (χ0) is 17.6. The lowest BCUT2D eigenvalue weighted by molar-refractivity contribution is 0.0616. The Bertz CT molecular complexity index is 809. The Balaban J connectivity index is 1.55. The highest BCUT2D eigenvalue weighted by Gasteiger charge is 2.35. The van der Waals surface area contributed by atoms with E-state index in [-0.39, 0.29) is 17.5 Å². The maximum Gasteiger partial charge on any atom is 0.268 e. The molecule has 132 valence electrons. The third-order valence-corrected chi connectivity index (χ3v) is 5.53. The van der Waals surface area contributed by atoms with E-state index < -0.39 is 11.6 Å². The number of carbonyl (C=O) groups excluding carboxylic acids is 1. The highest BCUT2D eigenvalue weighted by Crippen LogP contribution is 2.28. The minimum atomic E-state index is -0.634. The van der Waals surface area contributed by atoms with Crippen LogP contribution in [0.2, 0.25) is 0 Å². The van der Waals surface area contributed by atoms with Gasteiger partial charge in [0.2, 0.25) is 0 Å². The van der Waals surface area contributed by atoms with Crippen LogP contribution in [-0.4, -0.2) is 41.1 Å². The fourth-order valence-electron chi connectivity index (χ4n) is 4.08. The zero-order valence-electron chi connectivity index (χ0n) is 14.1. The molecule has 1 aromatic carbocycles. The fourth-order valence-corrected chi connectivity index (χ4v) is 4.08. The number of amides is 1. The van der Waals surface area contributed by atoms with E-state index in [0.29, 0.717) is 17.3 Å². The third-order valence-electron chi connectivity index (χ3n) is 5.53. The summed E-state index contributed by atoms with van der Waals surface area (Å²) in [6.45, 7) is 3.14. The Morgan fingerprint density at radius 1 is 1.16 bits per heavy atom. The van der Waals surface area contributed by atoms with Gasteiger partial charge < -0.3 is 14.8 Å². The summed E-state index contributed by atoms with van der Waals surface area (Å²) in [4.78, 5) is 15.1. The molecular formula is C19H21F2N3O. The van der Waals surface area contributed by atoms with Gasteiger partial charge in [0.05, 0.1) is 5.69 Å². The van der Waals surface area contributed by atoms with Crippen molar-refractivity contribution in [1.29, 1.82) is 0 Å². The van der Waals surface area contributed by atoms with E-state index in [4.69, 9.17) is 0 Å². The number of carbonyl (C=O) groups is 1. The number of rotatable bonds is 3. The van der Waals surface area contributed by atoms with Gasteiger partial charge in [0.1, 0.15) is 17.3 Å². The van der Waals surface area contributed by atoms with Gasteiger partial charge in [-0.25, -0.2) is 8.78 Å². The van der Waals surface area contributed by atoms with Crippen LogP contribution in [0, 0.1) is 17.6 Å². The number of halogens is 2. The second-order valence-corrected chi connectivity index (χ2v) is 7.00. The van der Waals surface area contributed by atoms with Crippen LogP contribution in [0.15, 0.2) is 30.3 Å². The van der Waals surface area contributed by atoms with Crippen molar-refractivity contribution in [3.63, 3.8) is 0 Å². The van der Waals surface area contributed by atoms with Gasteiger partial charge >= 0.3 is 0 Å². The summed E-state index contributed by atoms with van der Waals surface area (Å²) in [7, 11) is 1.73. The van der Waals surface area contributed by atoms with Gasteiger partial charge in [-0.1, -0.05) is 0 Å². The van der Waals surface area contributed by atoms with E-state index in [9.17, 15) is 13.6 Å². The molecule has 0 saturated carbocycles. The Morgan fingerprint density at radius 2 is 1.92 bits per heavy atom. The van der Waals surface area contributed by atoms with Gasteiger partial charge in [0, 0.05) is 31.3 Å². The second kappa shape index (κ2) is 6.26. The van der Waals surface area contributed by atoms with Crippen LogP contribution in [0.25, 0.3) is 11.3 Å². The molecule has 1 aromatic heterocycles. The molecule has 4 nitrogen and oxygen atoms in total. The van der Waals surface area contributed by atoms with E-state index in [2.05, 4.69) is 10.2 Å². The lowest BCUT2D eigenvalue weighted by atomic mass is 9.84. The van der Waals surface area contributed by atoms with Gasteiger partial charge in [0.25, 0.3) is 5.91 Å². The molecule has 2 bridgehead atoms. The molecule has 0 radical (unpaired) electrons. The highest BCUT2D eigenvalue weighted by molar-refractivity contribution is 5.94. The van der Waals surface area contributed by atoms with Gasteiger partial charge in [-0.15, -0.1) is 0 Å². The first-order valence-electron chi connectivity index (χ1n) is 8.67. The number of aromatic nitrogens is 1. The van der Waals surface area contributed by atoms with Crippen LogP contribution in [0.4, 0.5) is 8.78 Å². The molecule has 5 rings (SSSR count). The lowest BCUT2D eigenvalue weighted by Gasteiger charge is -2.44. The van der Waals surface area contributed by atoms with Crippen LogP contribution in [0.3, 0.4) is 0 Å². The molecule has 0 spiro atoms. The van der Waals surface area contributed by atoms with Crippen LogP contribution in [0.5, 0.6) is 0 Å². The average Bonchev–Trinajstić information content (AvgIpc) is 2.97. The van der Waals surface area contributed by atoms with Crippen molar-refractivity contribution in [2.75, 3.05) is 19.6 Å². The van der Waals surface area contributed by atoms with Crippen LogP contribution < -0.4 is 5.32 Å². The van der Waals surface area contributed by atoms with Crippen molar-refractivity contribution < 1.29 is 13.6 Å². The molecule has 3 aliphatic heterocycles. The zero-order valence-corrected chi connectivity index (χ0v) is 14.1. The van der Waals surface area contributed by atoms with Crippen molar-refractivity contribution in [3.05, 3.63) is 47.7 Å². The topological polar surface area (TPSA) is 37.3 Å². The van der Waals surface area contributed by atoms with Crippen LogP contribution in [0.1, 0.15) is 23.3 Å². The van der Waals surface area contributed by atoms with Crippen molar-refractivity contribution in [1.82, 2.24) is 14.8 Å². The number of benzene rings is 1. The average molecular weight is 345 g/mol. The monoisotopic (exact) mass is 345 g/mol. The number of piperidine rings is 3. The first-order chi connectivity index (χ1) is 12.0. The summed E-state index contributed by atoms with van der Waals surface area (Å²) >= 11 is 0. The summed E-state index contributed by atoms with van der Waals surface area (Å²) in [5.41, 5.74) is 1.32. The second-order valence-electron chi connectivity index (χ2n) is 7.00. The van der Waals surface area contributed by atoms with Crippen molar-refractivity contribution >= 4 is 5.91 Å². The molecule has 3 aliphatic rings. The van der Waals surface area contributed by atoms with E-state index in [1.165, 1.54) is 12.1 Å². The van der Waals surface area contributed by atoms with Crippen LogP contribution >= 0.6 is 0 Å². The van der Waals surface area contributed by atoms with Gasteiger partial charge in [-0.05, 0) is 56.1 Å². The third kappa shape index (κ3) is 2.95. The fraction of sp³-hybridized carbons (Fsp3) is 0.421. The number of nitrogens with one attached hydrogen (secondary N) is 1. The smallest absolute Gasteiger partial charge is 0.268 e. The molecule has 6 heteroatoms. The number of hydrogen-bond donors (Lipinski definition) is 1. The van der Waals surface area contributed by atoms with Crippen molar-refractivity contribution in [2.24, 2.45) is 13.0 Å². The molecule has 0 aliphatic carbocycles. The number of hydrogen-bond acceptors (Lipinski definition) is 2. The molecular weight excluding hydrogens is 324 g/mol. The number of fused-ring (bicyclic) bond motifs is 3. The largest absolute Gasteiger partial charge is 0.346 e. The Labute approximate surface area is 145 Å². The first kappa shape index (κ1) is 16.3. The van der Waals surface area contributed by atoms with Gasteiger partial charge in [0.15, 0.2) is 0 Å². The lowest BCUT2D eigenvalue weighted by Crippen LogP contribution is -2.57. The van der Waals surface area contributed by atoms with E-state index >= 15 is 0 Å². The maximum atomic E-state index is 14.0.